The summed E-state index contributed by atoms with van der Waals surface area (Å²) in [4.78, 5) is 26.6. The minimum absolute atomic E-state index is 0.160. The lowest BCUT2D eigenvalue weighted by atomic mass is 9.95. The third-order valence-corrected chi connectivity index (χ3v) is 5.91. The van der Waals surface area contributed by atoms with E-state index in [0.717, 1.165) is 75.3 Å². The summed E-state index contributed by atoms with van der Waals surface area (Å²) < 4.78 is 10.9. The van der Waals surface area contributed by atoms with Gasteiger partial charge < -0.3 is 19.7 Å². The molecule has 0 amide bonds. The minimum Gasteiger partial charge on any atom is -0.454 e. The molecule has 1 fully saturated rings. The molecule has 2 aliphatic heterocycles. The molecule has 3 aliphatic rings. The molecule has 8 nitrogen and oxygen atoms in total. The number of ether oxygens (including phenoxy) is 2. The van der Waals surface area contributed by atoms with Crippen LogP contribution in [0, 0.1) is 0 Å². The molecule has 1 aliphatic carbocycles. The molecule has 1 N–H and O–H groups in total. The van der Waals surface area contributed by atoms with Crippen LogP contribution >= 0.6 is 0 Å². The number of ketones is 1. The van der Waals surface area contributed by atoms with Crippen molar-refractivity contribution >= 4 is 17.5 Å². The maximum absolute atomic E-state index is 12.4. The zero-order valence-electron chi connectivity index (χ0n) is 17.3. The Morgan fingerprint density at radius 2 is 1.90 bits per heavy atom. The van der Waals surface area contributed by atoms with E-state index in [9.17, 15) is 4.79 Å². The molecule has 3 heterocycles. The molecular formula is C22H27N5O3. The fourth-order valence-electron chi connectivity index (χ4n) is 4.35. The van der Waals surface area contributed by atoms with Crippen molar-refractivity contribution in [3.63, 3.8) is 0 Å². The van der Waals surface area contributed by atoms with E-state index in [1.165, 1.54) is 5.56 Å². The van der Waals surface area contributed by atoms with Crippen LogP contribution in [0.25, 0.3) is 0 Å². The van der Waals surface area contributed by atoms with Gasteiger partial charge in [0.15, 0.2) is 17.3 Å². The highest BCUT2D eigenvalue weighted by atomic mass is 16.7. The lowest BCUT2D eigenvalue weighted by Crippen LogP contribution is -2.46. The molecule has 0 spiro atoms. The smallest absolute Gasteiger partial charge is 0.231 e. The van der Waals surface area contributed by atoms with E-state index in [0.29, 0.717) is 24.6 Å². The third-order valence-electron chi connectivity index (χ3n) is 5.91. The second-order valence-corrected chi connectivity index (χ2v) is 7.95. The van der Waals surface area contributed by atoms with Crippen LogP contribution in [0.5, 0.6) is 11.5 Å². The molecule has 0 radical (unpaired) electrons. The molecule has 1 aromatic heterocycles. The number of piperazine rings is 1. The van der Waals surface area contributed by atoms with Crippen molar-refractivity contribution in [1.29, 1.82) is 0 Å². The third kappa shape index (κ3) is 3.67. The van der Waals surface area contributed by atoms with Crippen LogP contribution in [-0.4, -0.2) is 60.2 Å². The average Bonchev–Trinajstić information content (AvgIpc) is 3.22. The van der Waals surface area contributed by atoms with Crippen LogP contribution in [0.3, 0.4) is 0 Å². The summed E-state index contributed by atoms with van der Waals surface area (Å²) in [5.41, 5.74) is 2.83. The van der Waals surface area contributed by atoms with Crippen molar-refractivity contribution in [2.24, 2.45) is 0 Å². The number of aryl methyl sites for hydroxylation is 1. The molecule has 5 rings (SSSR count). The maximum Gasteiger partial charge on any atom is 0.231 e. The Labute approximate surface area is 176 Å². The van der Waals surface area contributed by atoms with Crippen LogP contribution in [0.4, 0.5) is 11.8 Å². The Bertz CT molecular complexity index is 956. The van der Waals surface area contributed by atoms with E-state index in [1.54, 1.807) is 0 Å². The normalized spacial score (nSPS) is 18.4. The van der Waals surface area contributed by atoms with Gasteiger partial charge in [0.2, 0.25) is 12.7 Å². The number of Topliss-reactive ketones (excluding diaryl/α,β-unsaturated/α-hetero) is 1. The molecule has 30 heavy (non-hydrogen) atoms. The van der Waals surface area contributed by atoms with Gasteiger partial charge in [0, 0.05) is 45.7 Å². The van der Waals surface area contributed by atoms with Crippen molar-refractivity contribution < 1.29 is 14.3 Å². The molecule has 158 valence electrons. The number of nitrogens with zero attached hydrogens (tertiary/aromatic N) is 4. The SMILES string of the molecule is CCNc1nc(N2CCN(Cc3ccc4c(c3)OCO4)CC2)nc2c1C(=O)CCC2. The number of fused-ring (bicyclic) bond motifs is 2. The molecular weight excluding hydrogens is 382 g/mol. The molecule has 1 aromatic carbocycles. The van der Waals surface area contributed by atoms with Crippen molar-refractivity contribution in [2.45, 2.75) is 32.7 Å². The Kier molecular flexibility index (Phi) is 5.16. The summed E-state index contributed by atoms with van der Waals surface area (Å²) in [6.07, 6.45) is 2.31. The second-order valence-electron chi connectivity index (χ2n) is 7.95. The fraction of sp³-hybridized carbons (Fsp3) is 0.500. The van der Waals surface area contributed by atoms with Gasteiger partial charge in [-0.3, -0.25) is 9.69 Å². The zero-order valence-corrected chi connectivity index (χ0v) is 17.3. The number of anilines is 2. The van der Waals surface area contributed by atoms with Crippen LogP contribution in [0.2, 0.25) is 0 Å². The monoisotopic (exact) mass is 409 g/mol. The first-order valence-electron chi connectivity index (χ1n) is 10.7. The Balaban J connectivity index is 1.27. The highest BCUT2D eigenvalue weighted by molar-refractivity contribution is 6.02. The summed E-state index contributed by atoms with van der Waals surface area (Å²) in [5.74, 6) is 3.25. The van der Waals surface area contributed by atoms with E-state index in [1.807, 2.05) is 13.0 Å². The summed E-state index contributed by atoms with van der Waals surface area (Å²) in [5, 5.41) is 3.28. The number of hydrogen-bond donors (Lipinski definition) is 1. The van der Waals surface area contributed by atoms with Gasteiger partial charge in [-0.25, -0.2) is 4.98 Å². The predicted molar refractivity (Wildman–Crippen MR) is 114 cm³/mol. The number of rotatable bonds is 5. The largest absolute Gasteiger partial charge is 0.454 e. The van der Waals surface area contributed by atoms with Crippen LogP contribution in [0.15, 0.2) is 18.2 Å². The van der Waals surface area contributed by atoms with Gasteiger partial charge in [0.1, 0.15) is 5.82 Å². The number of hydrogen-bond acceptors (Lipinski definition) is 8. The van der Waals surface area contributed by atoms with E-state index < -0.39 is 0 Å². The maximum atomic E-state index is 12.4. The van der Waals surface area contributed by atoms with E-state index in [-0.39, 0.29) is 5.78 Å². The number of carbonyl (C=O) groups excluding carboxylic acids is 1. The second kappa shape index (κ2) is 8.10. The van der Waals surface area contributed by atoms with E-state index in [2.05, 4.69) is 27.2 Å². The van der Waals surface area contributed by atoms with Crippen molar-refractivity contribution in [1.82, 2.24) is 14.9 Å². The highest BCUT2D eigenvalue weighted by Crippen LogP contribution is 2.33. The summed E-state index contributed by atoms with van der Waals surface area (Å²) in [6.45, 7) is 7.54. The number of benzene rings is 1. The Morgan fingerprint density at radius 1 is 1.07 bits per heavy atom. The van der Waals surface area contributed by atoms with Gasteiger partial charge in [0.25, 0.3) is 0 Å². The van der Waals surface area contributed by atoms with Gasteiger partial charge in [0.05, 0.1) is 11.3 Å². The van der Waals surface area contributed by atoms with Gasteiger partial charge >= 0.3 is 0 Å². The first-order chi connectivity index (χ1) is 14.7. The van der Waals surface area contributed by atoms with E-state index >= 15 is 0 Å². The number of carbonyl (C=O) groups is 1. The van der Waals surface area contributed by atoms with Crippen molar-refractivity contribution in [2.75, 3.05) is 49.7 Å². The molecule has 2 aromatic rings. The summed E-state index contributed by atoms with van der Waals surface area (Å²) in [6, 6.07) is 6.16. The predicted octanol–water partition coefficient (Wildman–Crippen LogP) is 2.48. The quantitative estimate of drug-likeness (QED) is 0.807. The Morgan fingerprint density at radius 3 is 2.73 bits per heavy atom. The van der Waals surface area contributed by atoms with Crippen LogP contribution in [0.1, 0.15) is 41.4 Å². The van der Waals surface area contributed by atoms with Gasteiger partial charge in [-0.05, 0) is 37.5 Å². The molecule has 0 atom stereocenters. The molecule has 0 bridgehead atoms. The molecule has 0 saturated carbocycles. The first-order valence-corrected chi connectivity index (χ1v) is 10.7. The standard InChI is InChI=1S/C22H27N5O3/c1-2-23-21-20-16(4-3-5-17(20)28)24-22(25-21)27-10-8-26(9-11-27)13-15-6-7-18-19(12-15)30-14-29-18/h6-7,12H,2-5,8-11,13-14H2,1H3,(H,23,24,25). The average molecular weight is 409 g/mol. The molecule has 8 heteroatoms. The number of aromatic nitrogens is 2. The van der Waals surface area contributed by atoms with Gasteiger partial charge in [-0.2, -0.15) is 4.98 Å². The van der Waals surface area contributed by atoms with E-state index in [4.69, 9.17) is 19.4 Å². The van der Waals surface area contributed by atoms with Gasteiger partial charge in [-0.1, -0.05) is 6.07 Å². The van der Waals surface area contributed by atoms with Crippen molar-refractivity contribution in [3.05, 3.63) is 35.0 Å². The summed E-state index contributed by atoms with van der Waals surface area (Å²) >= 11 is 0. The van der Waals surface area contributed by atoms with Crippen LogP contribution < -0.4 is 19.7 Å². The highest BCUT2D eigenvalue weighted by Gasteiger charge is 2.27. The first kappa shape index (κ1) is 19.1. The van der Waals surface area contributed by atoms with Crippen LogP contribution in [-0.2, 0) is 13.0 Å². The lowest BCUT2D eigenvalue weighted by molar-refractivity contribution is 0.0972. The topological polar surface area (TPSA) is 79.8 Å². The summed E-state index contributed by atoms with van der Waals surface area (Å²) in [7, 11) is 0. The fourth-order valence-corrected chi connectivity index (χ4v) is 4.35. The molecule has 1 saturated heterocycles. The lowest BCUT2D eigenvalue weighted by Gasteiger charge is -2.35. The van der Waals surface area contributed by atoms with Crippen molar-refractivity contribution in [3.8, 4) is 11.5 Å². The zero-order chi connectivity index (χ0) is 20.5. The van der Waals surface area contributed by atoms with Gasteiger partial charge in [-0.15, -0.1) is 0 Å². The minimum atomic E-state index is 0.160. The Hall–Kier alpha value is -2.87. The molecule has 0 unspecified atom stereocenters. The number of nitrogens with one attached hydrogen (secondary N) is 1.